The number of halogens is 4. The van der Waals surface area contributed by atoms with Gasteiger partial charge in [0.15, 0.2) is 0 Å². The van der Waals surface area contributed by atoms with Gasteiger partial charge in [0.2, 0.25) is 0 Å². The quantitative estimate of drug-likeness (QED) is 0.690. The normalized spacial score (nSPS) is 15.5. The number of rotatable bonds is 3. The maximum absolute atomic E-state index is 12.8. The molecule has 154 valence electrons. The van der Waals surface area contributed by atoms with E-state index in [2.05, 4.69) is 30.7 Å². The molecular weight excluding hydrogens is 389 g/mol. The van der Waals surface area contributed by atoms with E-state index < -0.39 is 11.9 Å². The predicted molar refractivity (Wildman–Crippen MR) is 107 cm³/mol. The Hall–Kier alpha value is -1.79. The van der Waals surface area contributed by atoms with Crippen molar-refractivity contribution in [1.82, 2.24) is 9.88 Å². The third-order valence-electron chi connectivity index (χ3n) is 5.01. The second kappa shape index (κ2) is 8.29. The van der Waals surface area contributed by atoms with Crippen LogP contribution < -0.4 is 0 Å². The van der Waals surface area contributed by atoms with Crippen LogP contribution in [0.25, 0.3) is 11.1 Å². The van der Waals surface area contributed by atoms with Crippen LogP contribution in [0.3, 0.4) is 0 Å². The van der Waals surface area contributed by atoms with Crippen molar-refractivity contribution < 1.29 is 18.3 Å². The molecule has 0 bridgehead atoms. The van der Waals surface area contributed by atoms with Gasteiger partial charge in [-0.2, -0.15) is 13.2 Å². The first kappa shape index (κ1) is 22.5. The average molecular weight is 415 g/mol. The lowest BCUT2D eigenvalue weighted by Gasteiger charge is -2.24. The summed E-state index contributed by atoms with van der Waals surface area (Å²) in [4.78, 5) is 5.83. The molecule has 0 aliphatic carbocycles. The number of alkyl halides is 3. The largest absolute Gasteiger partial charge is 0.507 e. The van der Waals surface area contributed by atoms with Crippen LogP contribution >= 0.6 is 12.4 Å². The van der Waals surface area contributed by atoms with E-state index in [9.17, 15) is 18.3 Å². The lowest BCUT2D eigenvalue weighted by atomic mass is 9.83. The van der Waals surface area contributed by atoms with Crippen LogP contribution in [0.5, 0.6) is 5.75 Å². The summed E-state index contributed by atoms with van der Waals surface area (Å²) in [7, 11) is 0. The van der Waals surface area contributed by atoms with Gasteiger partial charge in [-0.05, 0) is 49.0 Å². The van der Waals surface area contributed by atoms with Crippen LogP contribution in [-0.2, 0) is 18.1 Å². The fraction of sp³-hybridized carbons (Fsp3) is 0.476. The summed E-state index contributed by atoms with van der Waals surface area (Å²) in [6, 6.07) is 6.19. The summed E-state index contributed by atoms with van der Waals surface area (Å²) in [5, 5.41) is 10.8. The molecule has 28 heavy (non-hydrogen) atoms. The molecule has 1 N–H and O–H groups in total. The van der Waals surface area contributed by atoms with Crippen LogP contribution in [0, 0.1) is 0 Å². The van der Waals surface area contributed by atoms with Crippen molar-refractivity contribution in [2.24, 2.45) is 0 Å². The van der Waals surface area contributed by atoms with Crippen molar-refractivity contribution in [3.05, 3.63) is 47.3 Å². The van der Waals surface area contributed by atoms with Gasteiger partial charge in [0.05, 0.1) is 0 Å². The smallest absolute Gasteiger partial charge is 0.433 e. The highest BCUT2D eigenvalue weighted by Gasteiger charge is 2.32. The van der Waals surface area contributed by atoms with E-state index in [1.54, 1.807) is 0 Å². The molecule has 1 aliphatic heterocycles. The molecule has 1 saturated heterocycles. The van der Waals surface area contributed by atoms with Gasteiger partial charge in [-0.25, -0.2) is 0 Å². The Morgan fingerprint density at radius 3 is 2.21 bits per heavy atom. The number of hydrogen-bond acceptors (Lipinski definition) is 3. The monoisotopic (exact) mass is 414 g/mol. The van der Waals surface area contributed by atoms with Crippen molar-refractivity contribution in [3.8, 4) is 16.9 Å². The Labute approximate surface area is 170 Å². The van der Waals surface area contributed by atoms with Gasteiger partial charge in [-0.3, -0.25) is 9.88 Å². The van der Waals surface area contributed by atoms with Gasteiger partial charge >= 0.3 is 6.18 Å². The highest BCUT2D eigenvalue weighted by molar-refractivity contribution is 5.85. The zero-order chi connectivity index (χ0) is 19.8. The molecule has 7 heteroatoms. The molecule has 1 aromatic heterocycles. The summed E-state index contributed by atoms with van der Waals surface area (Å²) in [5.74, 6) is 0.122. The summed E-state index contributed by atoms with van der Waals surface area (Å²) in [5.41, 5.74) is 1.76. The number of phenolic OH excluding ortho intramolecular Hbond substituents is 1. The third-order valence-corrected chi connectivity index (χ3v) is 5.01. The number of hydrogen-bond donors (Lipinski definition) is 1. The molecule has 1 aliphatic rings. The van der Waals surface area contributed by atoms with Gasteiger partial charge in [0, 0.05) is 29.4 Å². The molecule has 0 spiro atoms. The number of aromatic nitrogens is 1. The summed E-state index contributed by atoms with van der Waals surface area (Å²) in [6.45, 7) is 8.86. The Morgan fingerprint density at radius 1 is 1.07 bits per heavy atom. The molecule has 0 radical (unpaired) electrons. The van der Waals surface area contributed by atoms with E-state index in [0.29, 0.717) is 17.7 Å². The molecule has 3 nitrogen and oxygen atoms in total. The van der Waals surface area contributed by atoms with E-state index >= 15 is 0 Å². The van der Waals surface area contributed by atoms with E-state index in [1.807, 2.05) is 12.1 Å². The topological polar surface area (TPSA) is 36.4 Å². The molecule has 3 rings (SSSR count). The first-order valence-corrected chi connectivity index (χ1v) is 9.18. The van der Waals surface area contributed by atoms with E-state index in [1.165, 1.54) is 12.3 Å². The maximum Gasteiger partial charge on any atom is 0.433 e. The lowest BCUT2D eigenvalue weighted by molar-refractivity contribution is -0.141. The summed E-state index contributed by atoms with van der Waals surface area (Å²) in [6.07, 6.45) is -0.997. The first-order valence-electron chi connectivity index (χ1n) is 9.18. The second-order valence-corrected chi connectivity index (χ2v) is 8.19. The Morgan fingerprint density at radius 2 is 1.71 bits per heavy atom. The molecule has 0 amide bonds. The van der Waals surface area contributed by atoms with Crippen LogP contribution in [0.2, 0.25) is 0 Å². The summed E-state index contributed by atoms with van der Waals surface area (Å²) < 4.78 is 38.4. The molecule has 0 saturated carbocycles. The molecular formula is C21H26ClF3N2O. The predicted octanol–water partition coefficient (Wildman–Crippen LogP) is 5.79. The third kappa shape index (κ3) is 4.97. The number of likely N-dealkylation sites (tertiary alicyclic amines) is 1. The van der Waals surface area contributed by atoms with Crippen molar-refractivity contribution in [2.75, 3.05) is 13.1 Å². The van der Waals surface area contributed by atoms with Gasteiger partial charge < -0.3 is 5.11 Å². The molecule has 1 aromatic carbocycles. The Bertz CT molecular complexity index is 808. The summed E-state index contributed by atoms with van der Waals surface area (Å²) >= 11 is 0. The highest BCUT2D eigenvalue weighted by Crippen LogP contribution is 2.38. The number of phenols is 1. The minimum atomic E-state index is -4.48. The van der Waals surface area contributed by atoms with Gasteiger partial charge in [0.25, 0.3) is 0 Å². The zero-order valence-corrected chi connectivity index (χ0v) is 17.1. The molecule has 0 atom stereocenters. The number of pyridine rings is 1. The van der Waals surface area contributed by atoms with Gasteiger partial charge in [0.1, 0.15) is 11.4 Å². The van der Waals surface area contributed by atoms with Gasteiger partial charge in [-0.1, -0.05) is 32.9 Å². The lowest BCUT2D eigenvalue weighted by Crippen LogP contribution is -2.19. The van der Waals surface area contributed by atoms with Gasteiger partial charge in [-0.15, -0.1) is 12.4 Å². The fourth-order valence-corrected chi connectivity index (χ4v) is 3.37. The van der Waals surface area contributed by atoms with E-state index in [-0.39, 0.29) is 23.6 Å². The minimum absolute atomic E-state index is 0. The number of benzene rings is 1. The van der Waals surface area contributed by atoms with E-state index in [4.69, 9.17) is 0 Å². The van der Waals surface area contributed by atoms with Crippen molar-refractivity contribution in [1.29, 1.82) is 0 Å². The number of aromatic hydroxyl groups is 1. The second-order valence-electron chi connectivity index (χ2n) is 8.19. The number of nitrogens with zero attached hydrogens (tertiary/aromatic N) is 2. The van der Waals surface area contributed by atoms with Crippen LogP contribution in [0.4, 0.5) is 13.2 Å². The van der Waals surface area contributed by atoms with Crippen molar-refractivity contribution in [3.63, 3.8) is 0 Å². The van der Waals surface area contributed by atoms with Crippen LogP contribution in [0.15, 0.2) is 30.5 Å². The SMILES string of the molecule is CC(C)(C)c1cc(CN2CCCC2)c(O)c(-c2ccc(C(F)(F)F)nc2)c1.Cl. The maximum atomic E-state index is 12.8. The van der Waals surface area contributed by atoms with E-state index in [0.717, 1.165) is 43.1 Å². The molecule has 1 fully saturated rings. The Kier molecular flexibility index (Phi) is 6.66. The minimum Gasteiger partial charge on any atom is -0.507 e. The standard InChI is InChI=1S/C21H25F3N2O.ClH/c1-20(2,3)16-10-15(13-26-8-4-5-9-26)19(27)17(11-16)14-6-7-18(25-12-14)21(22,23)24;/h6-7,10-12,27H,4-5,8-9,13H2,1-3H3;1H. The average Bonchev–Trinajstić information content (AvgIpc) is 3.08. The zero-order valence-electron chi connectivity index (χ0n) is 16.3. The molecule has 2 aromatic rings. The molecule has 2 heterocycles. The first-order chi connectivity index (χ1) is 12.6. The fourth-order valence-electron chi connectivity index (χ4n) is 3.37. The van der Waals surface area contributed by atoms with Crippen LogP contribution in [-0.4, -0.2) is 28.1 Å². The Balaban J connectivity index is 0.00000280. The van der Waals surface area contributed by atoms with Crippen molar-refractivity contribution >= 4 is 12.4 Å². The van der Waals surface area contributed by atoms with Crippen molar-refractivity contribution in [2.45, 2.75) is 51.7 Å². The van der Waals surface area contributed by atoms with Crippen LogP contribution in [0.1, 0.15) is 50.4 Å². The highest BCUT2D eigenvalue weighted by atomic mass is 35.5. The molecule has 0 unspecified atom stereocenters.